The summed E-state index contributed by atoms with van der Waals surface area (Å²) >= 11 is 5.86. The molecule has 2 aromatic carbocycles. The summed E-state index contributed by atoms with van der Waals surface area (Å²) in [5.41, 5.74) is 1.99. The summed E-state index contributed by atoms with van der Waals surface area (Å²) in [6.07, 6.45) is 5.15. The normalized spacial score (nSPS) is 14.3. The molecule has 31 heavy (non-hydrogen) atoms. The van der Waals surface area contributed by atoms with Gasteiger partial charge in [0.05, 0.1) is 16.8 Å². The summed E-state index contributed by atoms with van der Waals surface area (Å²) in [6.45, 7) is 2.10. The molecule has 1 fully saturated rings. The van der Waals surface area contributed by atoms with Crippen LogP contribution in [-0.2, 0) is 0 Å². The Kier molecular flexibility index (Phi) is 5.03. The van der Waals surface area contributed by atoms with Gasteiger partial charge in [-0.2, -0.15) is 0 Å². The van der Waals surface area contributed by atoms with Crippen molar-refractivity contribution in [2.75, 3.05) is 31.1 Å². The number of amides is 1. The van der Waals surface area contributed by atoms with E-state index in [9.17, 15) is 9.18 Å². The van der Waals surface area contributed by atoms with Crippen LogP contribution in [0.2, 0.25) is 5.02 Å². The van der Waals surface area contributed by atoms with Gasteiger partial charge in [0.15, 0.2) is 0 Å². The van der Waals surface area contributed by atoms with Gasteiger partial charge in [-0.05, 0) is 30.3 Å². The van der Waals surface area contributed by atoms with E-state index in [4.69, 9.17) is 11.6 Å². The van der Waals surface area contributed by atoms with Gasteiger partial charge < -0.3 is 9.80 Å². The Labute approximate surface area is 183 Å². The maximum Gasteiger partial charge on any atom is 0.256 e. The van der Waals surface area contributed by atoms with E-state index in [2.05, 4.69) is 9.97 Å². The third-order valence-electron chi connectivity index (χ3n) is 5.53. The van der Waals surface area contributed by atoms with Crippen LogP contribution in [0.4, 0.5) is 10.1 Å². The molecule has 1 amide bonds. The van der Waals surface area contributed by atoms with Gasteiger partial charge in [0.1, 0.15) is 5.82 Å². The maximum absolute atomic E-state index is 14.3. The van der Waals surface area contributed by atoms with E-state index in [0.29, 0.717) is 48.4 Å². The van der Waals surface area contributed by atoms with Crippen LogP contribution in [0.3, 0.4) is 0 Å². The molecule has 0 aliphatic carbocycles. The predicted molar refractivity (Wildman–Crippen MR) is 118 cm³/mol. The number of nitrogens with zero attached hydrogens (tertiary/aromatic N) is 5. The average molecular weight is 436 g/mol. The highest BCUT2D eigenvalue weighted by atomic mass is 35.5. The molecule has 1 saturated heterocycles. The van der Waals surface area contributed by atoms with Crippen molar-refractivity contribution in [2.24, 2.45) is 0 Å². The molecule has 156 valence electrons. The van der Waals surface area contributed by atoms with Crippen LogP contribution in [0.25, 0.3) is 16.9 Å². The molecular weight excluding hydrogens is 417 g/mol. The van der Waals surface area contributed by atoms with Crippen molar-refractivity contribution in [2.45, 2.75) is 0 Å². The highest BCUT2D eigenvalue weighted by molar-refractivity contribution is 6.30. The lowest BCUT2D eigenvalue weighted by Gasteiger charge is -2.36. The Morgan fingerprint density at radius 1 is 0.968 bits per heavy atom. The minimum atomic E-state index is -0.349. The fourth-order valence-corrected chi connectivity index (χ4v) is 4.15. The molecule has 4 aromatic rings. The lowest BCUT2D eigenvalue weighted by molar-refractivity contribution is 0.0748. The first-order chi connectivity index (χ1) is 15.1. The molecule has 0 saturated carbocycles. The SMILES string of the molecule is O=C(c1cn(-c2ncccn2)c2ccccc12)N1CCN(c2ccc(Cl)cc2F)CC1. The number of halogens is 2. The van der Waals surface area contributed by atoms with Crippen LogP contribution in [0.5, 0.6) is 0 Å². The minimum Gasteiger partial charge on any atom is -0.366 e. The Balaban J connectivity index is 1.40. The molecule has 2 aromatic heterocycles. The average Bonchev–Trinajstić information content (AvgIpc) is 3.19. The Bertz CT molecular complexity index is 1250. The third kappa shape index (κ3) is 3.61. The van der Waals surface area contributed by atoms with E-state index in [1.165, 1.54) is 6.07 Å². The van der Waals surface area contributed by atoms with Gasteiger partial charge in [-0.3, -0.25) is 9.36 Å². The summed E-state index contributed by atoms with van der Waals surface area (Å²) in [7, 11) is 0. The summed E-state index contributed by atoms with van der Waals surface area (Å²) in [4.78, 5) is 25.8. The highest BCUT2D eigenvalue weighted by Gasteiger charge is 2.26. The number of anilines is 1. The van der Waals surface area contributed by atoms with Crippen molar-refractivity contribution in [3.05, 3.63) is 83.5 Å². The monoisotopic (exact) mass is 435 g/mol. The number of para-hydroxylation sites is 1. The van der Waals surface area contributed by atoms with E-state index in [0.717, 1.165) is 10.9 Å². The standard InChI is InChI=1S/C23H19ClFN5O/c24-16-6-7-21(19(25)14-16)28-10-12-29(13-11-28)22(31)18-15-30(23-26-8-3-9-27-23)20-5-2-1-4-17(18)20/h1-9,14-15H,10-13H2. The van der Waals surface area contributed by atoms with Gasteiger partial charge in [-0.15, -0.1) is 0 Å². The molecule has 0 unspecified atom stereocenters. The lowest BCUT2D eigenvalue weighted by Crippen LogP contribution is -2.49. The van der Waals surface area contributed by atoms with E-state index < -0.39 is 0 Å². The molecule has 3 heterocycles. The van der Waals surface area contributed by atoms with Crippen molar-refractivity contribution in [1.82, 2.24) is 19.4 Å². The summed E-state index contributed by atoms with van der Waals surface area (Å²) in [5.74, 6) is 0.112. The van der Waals surface area contributed by atoms with Gasteiger partial charge in [0, 0.05) is 55.2 Å². The number of hydrogen-bond donors (Lipinski definition) is 0. The molecular formula is C23H19ClFN5O. The third-order valence-corrected chi connectivity index (χ3v) is 5.76. The minimum absolute atomic E-state index is 0.0536. The molecule has 1 aliphatic rings. The van der Waals surface area contributed by atoms with Crippen LogP contribution in [-0.4, -0.2) is 51.5 Å². The molecule has 5 rings (SSSR count). The van der Waals surface area contributed by atoms with Gasteiger partial charge in [0.2, 0.25) is 5.95 Å². The van der Waals surface area contributed by atoms with Crippen LogP contribution < -0.4 is 4.90 Å². The quantitative estimate of drug-likeness (QED) is 0.484. The fourth-order valence-electron chi connectivity index (χ4n) is 3.99. The lowest BCUT2D eigenvalue weighted by atomic mass is 10.1. The van der Waals surface area contributed by atoms with Gasteiger partial charge in [-0.25, -0.2) is 14.4 Å². The van der Waals surface area contributed by atoms with E-state index in [-0.39, 0.29) is 11.7 Å². The first-order valence-electron chi connectivity index (χ1n) is 9.98. The van der Waals surface area contributed by atoms with Gasteiger partial charge >= 0.3 is 0 Å². The van der Waals surface area contributed by atoms with Crippen molar-refractivity contribution < 1.29 is 9.18 Å². The topological polar surface area (TPSA) is 54.3 Å². The second kappa shape index (κ2) is 8.00. The summed E-state index contributed by atoms with van der Waals surface area (Å²) < 4.78 is 16.1. The zero-order valence-electron chi connectivity index (χ0n) is 16.6. The van der Waals surface area contributed by atoms with Crippen LogP contribution in [0.1, 0.15) is 10.4 Å². The molecule has 0 N–H and O–H groups in total. The van der Waals surface area contributed by atoms with Crippen molar-refractivity contribution in [1.29, 1.82) is 0 Å². The molecule has 0 atom stereocenters. The first-order valence-corrected chi connectivity index (χ1v) is 10.4. The Morgan fingerprint density at radius 3 is 2.45 bits per heavy atom. The Morgan fingerprint density at radius 2 is 1.71 bits per heavy atom. The van der Waals surface area contributed by atoms with Crippen LogP contribution in [0, 0.1) is 5.82 Å². The van der Waals surface area contributed by atoms with Gasteiger partial charge in [0.25, 0.3) is 5.91 Å². The molecule has 0 spiro atoms. The molecule has 0 bridgehead atoms. The molecule has 1 aliphatic heterocycles. The second-order valence-electron chi connectivity index (χ2n) is 7.35. The van der Waals surface area contributed by atoms with E-state index in [1.54, 1.807) is 36.8 Å². The van der Waals surface area contributed by atoms with Crippen LogP contribution in [0.15, 0.2) is 67.1 Å². The zero-order valence-corrected chi connectivity index (χ0v) is 17.3. The van der Waals surface area contributed by atoms with E-state index in [1.807, 2.05) is 38.6 Å². The van der Waals surface area contributed by atoms with Crippen molar-refractivity contribution in [3.8, 4) is 5.95 Å². The van der Waals surface area contributed by atoms with Gasteiger partial charge in [-0.1, -0.05) is 29.8 Å². The number of carbonyl (C=O) groups is 1. The van der Waals surface area contributed by atoms with E-state index >= 15 is 0 Å². The number of rotatable bonds is 3. The molecule has 0 radical (unpaired) electrons. The number of piperazine rings is 1. The number of benzene rings is 2. The maximum atomic E-state index is 14.3. The number of fused-ring (bicyclic) bond motifs is 1. The summed E-state index contributed by atoms with van der Waals surface area (Å²) in [5, 5.41) is 1.22. The number of aromatic nitrogens is 3. The summed E-state index contributed by atoms with van der Waals surface area (Å²) in [6, 6.07) is 14.1. The largest absolute Gasteiger partial charge is 0.366 e. The Hall–Kier alpha value is -3.45. The zero-order chi connectivity index (χ0) is 21.4. The number of hydrogen-bond acceptors (Lipinski definition) is 4. The van der Waals surface area contributed by atoms with Crippen molar-refractivity contribution in [3.63, 3.8) is 0 Å². The molecule has 8 heteroatoms. The fraction of sp³-hybridized carbons (Fsp3) is 0.174. The highest BCUT2D eigenvalue weighted by Crippen LogP contribution is 2.27. The van der Waals surface area contributed by atoms with Crippen LogP contribution >= 0.6 is 11.6 Å². The first kappa shape index (κ1) is 19.5. The predicted octanol–water partition coefficient (Wildman–Crippen LogP) is 4.18. The number of carbonyl (C=O) groups excluding carboxylic acids is 1. The smallest absolute Gasteiger partial charge is 0.256 e. The van der Waals surface area contributed by atoms with Crippen molar-refractivity contribution >= 4 is 34.1 Å². The second-order valence-corrected chi connectivity index (χ2v) is 7.79. The molecule has 6 nitrogen and oxygen atoms in total.